The number of anilines is 1. The summed E-state index contributed by atoms with van der Waals surface area (Å²) in [4.78, 5) is 11.0. The molecule has 116 valence electrons. The molecule has 0 aliphatic carbocycles. The van der Waals surface area contributed by atoms with Crippen molar-refractivity contribution in [1.82, 2.24) is 15.1 Å². The fourth-order valence-electron chi connectivity index (χ4n) is 2.82. The molecule has 0 bridgehead atoms. The topological polar surface area (TPSA) is 55.1 Å². The minimum atomic E-state index is 0.214. The maximum Gasteiger partial charge on any atom is 0.241 e. The lowest BCUT2D eigenvalue weighted by Gasteiger charge is -2.29. The van der Waals surface area contributed by atoms with Gasteiger partial charge in [-0.1, -0.05) is 29.4 Å². The quantitative estimate of drug-likeness (QED) is 0.690. The zero-order valence-corrected chi connectivity index (χ0v) is 13.2. The summed E-state index contributed by atoms with van der Waals surface area (Å²) in [6.45, 7) is 1.86. The lowest BCUT2D eigenvalue weighted by molar-refractivity contribution is 0.391. The minimum absolute atomic E-state index is 0.214. The van der Waals surface area contributed by atoms with Crippen LogP contribution in [0.4, 0.5) is 5.82 Å². The van der Waals surface area contributed by atoms with E-state index in [9.17, 15) is 0 Å². The van der Waals surface area contributed by atoms with Crippen molar-refractivity contribution in [3.63, 3.8) is 0 Å². The smallest absolute Gasteiger partial charge is 0.241 e. The molecule has 2 aromatic heterocycles. The van der Waals surface area contributed by atoms with E-state index in [2.05, 4.69) is 44.3 Å². The van der Waals surface area contributed by atoms with E-state index in [0.29, 0.717) is 11.7 Å². The van der Waals surface area contributed by atoms with Crippen LogP contribution in [0.25, 0.3) is 11.4 Å². The van der Waals surface area contributed by atoms with Gasteiger partial charge in [0.2, 0.25) is 11.7 Å². The Bertz CT molecular complexity index is 815. The number of nitrogens with zero attached hydrogens (tertiary/aromatic N) is 4. The van der Waals surface area contributed by atoms with E-state index in [-0.39, 0.29) is 5.88 Å². The van der Waals surface area contributed by atoms with Gasteiger partial charge in [-0.2, -0.15) is 4.98 Å². The number of hydrogen-bond donors (Lipinski definition) is 0. The Hall–Kier alpha value is -2.40. The molecule has 0 N–H and O–H groups in total. The van der Waals surface area contributed by atoms with Crippen molar-refractivity contribution in [3.8, 4) is 11.4 Å². The Morgan fingerprint density at radius 2 is 2.00 bits per heavy atom. The molecule has 3 aromatic rings. The minimum Gasteiger partial charge on any atom is -0.352 e. The predicted molar refractivity (Wildman–Crippen MR) is 88.3 cm³/mol. The Morgan fingerprint density at radius 1 is 1.13 bits per heavy atom. The molecule has 0 saturated carbocycles. The van der Waals surface area contributed by atoms with Gasteiger partial charge in [0, 0.05) is 24.8 Å². The summed E-state index contributed by atoms with van der Waals surface area (Å²) < 4.78 is 5.02. The molecule has 6 heteroatoms. The van der Waals surface area contributed by atoms with Crippen molar-refractivity contribution in [2.45, 2.75) is 18.8 Å². The molecule has 0 amide bonds. The highest BCUT2D eigenvalue weighted by molar-refractivity contribution is 6.16. The van der Waals surface area contributed by atoms with Crippen molar-refractivity contribution in [1.29, 1.82) is 0 Å². The van der Waals surface area contributed by atoms with E-state index >= 15 is 0 Å². The van der Waals surface area contributed by atoms with E-state index in [0.717, 1.165) is 30.9 Å². The van der Waals surface area contributed by atoms with Gasteiger partial charge in [0.25, 0.3) is 0 Å². The molecule has 1 aromatic carbocycles. The third-order valence-corrected chi connectivity index (χ3v) is 4.27. The highest BCUT2D eigenvalue weighted by Crippen LogP contribution is 2.24. The molecule has 0 spiro atoms. The summed E-state index contributed by atoms with van der Waals surface area (Å²) in [5.74, 6) is 2.11. The molecule has 1 aliphatic rings. The summed E-state index contributed by atoms with van der Waals surface area (Å²) in [5, 5.41) is 3.91. The summed E-state index contributed by atoms with van der Waals surface area (Å²) in [6, 6.07) is 12.5. The lowest BCUT2D eigenvalue weighted by atomic mass is 10.00. The van der Waals surface area contributed by atoms with Crippen LogP contribution in [0.3, 0.4) is 0 Å². The molecule has 5 nitrogen and oxygen atoms in total. The predicted octanol–water partition coefficient (Wildman–Crippen LogP) is 3.43. The van der Waals surface area contributed by atoms with E-state index in [1.165, 1.54) is 11.1 Å². The summed E-state index contributed by atoms with van der Waals surface area (Å²) >= 11 is 5.68. The standard InChI is InChI=1S/C17H15ClN4O/c18-9-16-20-17(21-23-16)13-5-6-15(19-10-13)22-8-7-12-3-1-2-4-14(12)11-22/h1-6,10H,7-9,11H2. The Balaban J connectivity index is 1.55. The largest absolute Gasteiger partial charge is 0.352 e. The molecule has 0 saturated heterocycles. The molecule has 23 heavy (non-hydrogen) atoms. The van der Waals surface area contributed by atoms with E-state index in [4.69, 9.17) is 16.1 Å². The van der Waals surface area contributed by atoms with Crippen molar-refractivity contribution >= 4 is 17.4 Å². The van der Waals surface area contributed by atoms with Crippen LogP contribution in [0.1, 0.15) is 17.0 Å². The van der Waals surface area contributed by atoms with Crippen LogP contribution in [0, 0.1) is 0 Å². The number of pyridine rings is 1. The second-order valence-electron chi connectivity index (χ2n) is 5.49. The molecule has 3 heterocycles. The first kappa shape index (κ1) is 14.2. The van der Waals surface area contributed by atoms with Gasteiger partial charge in [0.15, 0.2) is 0 Å². The van der Waals surface area contributed by atoms with Crippen molar-refractivity contribution < 1.29 is 4.52 Å². The van der Waals surface area contributed by atoms with Crippen molar-refractivity contribution in [3.05, 3.63) is 59.6 Å². The highest BCUT2D eigenvalue weighted by atomic mass is 35.5. The van der Waals surface area contributed by atoms with Gasteiger partial charge in [-0.3, -0.25) is 0 Å². The van der Waals surface area contributed by atoms with Gasteiger partial charge in [-0.15, -0.1) is 11.6 Å². The Kier molecular flexibility index (Phi) is 3.71. The van der Waals surface area contributed by atoms with Crippen molar-refractivity contribution in [2.75, 3.05) is 11.4 Å². The van der Waals surface area contributed by atoms with Crippen LogP contribution >= 0.6 is 11.6 Å². The number of aromatic nitrogens is 3. The number of rotatable bonds is 3. The van der Waals surface area contributed by atoms with Crippen LogP contribution in [0.5, 0.6) is 0 Å². The number of halogens is 1. The van der Waals surface area contributed by atoms with Crippen LogP contribution < -0.4 is 4.90 Å². The molecule has 1 aliphatic heterocycles. The second kappa shape index (κ2) is 6.01. The first-order valence-corrected chi connectivity index (χ1v) is 8.03. The normalized spacial score (nSPS) is 13.9. The fraction of sp³-hybridized carbons (Fsp3) is 0.235. The first-order valence-electron chi connectivity index (χ1n) is 7.50. The Morgan fingerprint density at radius 3 is 2.74 bits per heavy atom. The SMILES string of the molecule is ClCc1nc(-c2ccc(N3CCc4ccccc4C3)nc2)no1. The maximum absolute atomic E-state index is 5.68. The van der Waals surface area contributed by atoms with Gasteiger partial charge in [0.05, 0.1) is 0 Å². The average Bonchev–Trinajstić information content (AvgIpc) is 3.11. The third-order valence-electron chi connectivity index (χ3n) is 4.04. The number of hydrogen-bond acceptors (Lipinski definition) is 5. The van der Waals surface area contributed by atoms with Gasteiger partial charge in [0.1, 0.15) is 11.7 Å². The van der Waals surface area contributed by atoms with Crippen LogP contribution in [0.15, 0.2) is 47.1 Å². The monoisotopic (exact) mass is 326 g/mol. The number of alkyl halides is 1. The molecule has 0 radical (unpaired) electrons. The number of fused-ring (bicyclic) bond motifs is 1. The van der Waals surface area contributed by atoms with Crippen LogP contribution in [-0.4, -0.2) is 21.7 Å². The second-order valence-corrected chi connectivity index (χ2v) is 5.76. The van der Waals surface area contributed by atoms with E-state index in [1.807, 2.05) is 12.1 Å². The van der Waals surface area contributed by atoms with Crippen LogP contribution in [-0.2, 0) is 18.8 Å². The lowest BCUT2D eigenvalue weighted by Crippen LogP contribution is -2.30. The molecule has 0 unspecified atom stereocenters. The zero-order valence-electron chi connectivity index (χ0n) is 12.4. The van der Waals surface area contributed by atoms with Crippen LogP contribution in [0.2, 0.25) is 0 Å². The van der Waals surface area contributed by atoms with E-state index in [1.54, 1.807) is 6.20 Å². The van der Waals surface area contributed by atoms with E-state index < -0.39 is 0 Å². The fourth-order valence-corrected chi connectivity index (χ4v) is 2.93. The zero-order chi connectivity index (χ0) is 15.6. The molecular weight excluding hydrogens is 312 g/mol. The summed E-state index contributed by atoms with van der Waals surface area (Å²) in [5.41, 5.74) is 3.63. The van der Waals surface area contributed by atoms with Gasteiger partial charge >= 0.3 is 0 Å². The average molecular weight is 327 g/mol. The summed E-state index contributed by atoms with van der Waals surface area (Å²) in [6.07, 6.45) is 2.82. The summed E-state index contributed by atoms with van der Waals surface area (Å²) in [7, 11) is 0. The third kappa shape index (κ3) is 2.80. The Labute approximate surface area is 138 Å². The van der Waals surface area contributed by atoms with Gasteiger partial charge in [-0.25, -0.2) is 4.98 Å². The highest BCUT2D eigenvalue weighted by Gasteiger charge is 2.17. The number of benzene rings is 1. The maximum atomic E-state index is 5.68. The van der Waals surface area contributed by atoms with Crippen molar-refractivity contribution in [2.24, 2.45) is 0 Å². The van der Waals surface area contributed by atoms with Gasteiger partial charge < -0.3 is 9.42 Å². The molecular formula is C17H15ClN4O. The molecule has 4 rings (SSSR count). The van der Waals surface area contributed by atoms with Gasteiger partial charge in [-0.05, 0) is 29.7 Å². The molecule has 0 fully saturated rings. The molecule has 0 atom stereocenters. The first-order chi connectivity index (χ1) is 11.3.